The quantitative estimate of drug-likeness (QED) is 0.471. The van der Waals surface area contributed by atoms with Crippen LogP contribution in [-0.4, -0.2) is 9.85 Å². The first-order valence-electron chi connectivity index (χ1n) is 8.85. The summed E-state index contributed by atoms with van der Waals surface area (Å²) in [5, 5.41) is 26.5. The van der Waals surface area contributed by atoms with E-state index in [2.05, 4.69) is 17.5 Å². The van der Waals surface area contributed by atoms with Gasteiger partial charge >= 0.3 is 0 Å². The Morgan fingerprint density at radius 3 is 2.48 bits per heavy atom. The molecule has 2 aliphatic rings. The third-order valence-electron chi connectivity index (χ3n) is 5.81. The Labute approximate surface area is 156 Å². The number of rotatable bonds is 3. The number of hydrogen-bond acceptors (Lipinski definition) is 5. The first-order chi connectivity index (χ1) is 12.9. The normalized spacial score (nSPS) is 22.7. The Kier molecular flexibility index (Phi) is 3.95. The van der Waals surface area contributed by atoms with E-state index in [9.17, 15) is 20.2 Å². The van der Waals surface area contributed by atoms with Crippen molar-refractivity contribution in [2.45, 2.75) is 32.2 Å². The summed E-state index contributed by atoms with van der Waals surface area (Å²) in [6.45, 7) is 3.86. The largest absolute Gasteiger partial charge is 0.372 e. The van der Waals surface area contributed by atoms with Gasteiger partial charge in [-0.15, -0.1) is 0 Å². The van der Waals surface area contributed by atoms with Gasteiger partial charge in [-0.2, -0.15) is 0 Å². The van der Waals surface area contributed by atoms with Crippen molar-refractivity contribution < 1.29 is 9.85 Å². The fourth-order valence-electron chi connectivity index (χ4n) is 4.45. The minimum atomic E-state index is -0.390. The third kappa shape index (κ3) is 2.58. The fourth-order valence-corrected chi connectivity index (χ4v) is 4.45. The predicted octanol–water partition coefficient (Wildman–Crippen LogP) is 4.95. The van der Waals surface area contributed by atoms with Gasteiger partial charge in [0.15, 0.2) is 0 Å². The maximum Gasteiger partial charge on any atom is 0.292 e. The number of allylic oxidation sites excluding steroid dienone is 2. The lowest BCUT2D eigenvalue weighted by Crippen LogP contribution is -2.31. The number of anilines is 1. The lowest BCUT2D eigenvalue weighted by atomic mass is 9.74. The van der Waals surface area contributed by atoms with Gasteiger partial charge in [-0.25, -0.2) is 0 Å². The molecule has 1 heterocycles. The number of para-hydroxylation sites is 1. The highest BCUT2D eigenvalue weighted by molar-refractivity contribution is 5.74. The maximum absolute atomic E-state index is 11.7. The van der Waals surface area contributed by atoms with E-state index < -0.39 is 4.92 Å². The van der Waals surface area contributed by atoms with Gasteiger partial charge in [0.2, 0.25) is 0 Å². The summed E-state index contributed by atoms with van der Waals surface area (Å²) in [4.78, 5) is 22.4. The van der Waals surface area contributed by atoms with Crippen LogP contribution in [0.2, 0.25) is 0 Å². The van der Waals surface area contributed by atoms with Crippen LogP contribution in [0.15, 0.2) is 42.5 Å². The van der Waals surface area contributed by atoms with E-state index >= 15 is 0 Å². The lowest BCUT2D eigenvalue weighted by molar-refractivity contribution is -0.386. The van der Waals surface area contributed by atoms with Gasteiger partial charge in [-0.3, -0.25) is 20.2 Å². The summed E-state index contributed by atoms with van der Waals surface area (Å²) in [5.41, 5.74) is 3.97. The van der Waals surface area contributed by atoms with Crippen LogP contribution in [0.3, 0.4) is 0 Å². The molecule has 0 unspecified atom stereocenters. The summed E-state index contributed by atoms with van der Waals surface area (Å²) in [5.74, 6) is 0.0864. The molecule has 3 atom stereocenters. The molecule has 1 aliphatic carbocycles. The molecule has 138 valence electrons. The average Bonchev–Trinajstić information content (AvgIpc) is 3.13. The van der Waals surface area contributed by atoms with E-state index in [1.54, 1.807) is 24.3 Å². The molecule has 0 spiro atoms. The fraction of sp³-hybridized carbons (Fsp3) is 0.300. The molecule has 27 heavy (non-hydrogen) atoms. The molecule has 4 rings (SSSR count). The standard InChI is InChI=1S/C20H19N3O4/c1-11-10-17(23(26)27)20-18(12(11)2)13-7-5-8-14(13)19(21-20)15-6-3-4-9-16(15)22(24)25/h3-7,9-10,13-14,19,21H,8H2,1-2H3/t13-,14-,19+/m0/s1. The van der Waals surface area contributed by atoms with Gasteiger partial charge in [-0.05, 0) is 42.9 Å². The van der Waals surface area contributed by atoms with Crippen molar-refractivity contribution in [3.8, 4) is 0 Å². The van der Waals surface area contributed by atoms with Crippen LogP contribution in [0.5, 0.6) is 0 Å². The van der Waals surface area contributed by atoms with Gasteiger partial charge in [-0.1, -0.05) is 30.4 Å². The van der Waals surface area contributed by atoms with Gasteiger partial charge in [0.25, 0.3) is 11.4 Å². The zero-order chi connectivity index (χ0) is 19.3. The molecule has 7 heteroatoms. The molecule has 0 amide bonds. The van der Waals surface area contributed by atoms with Crippen LogP contribution in [0.1, 0.15) is 40.6 Å². The lowest BCUT2D eigenvalue weighted by Gasteiger charge is -2.38. The van der Waals surface area contributed by atoms with Gasteiger partial charge < -0.3 is 5.32 Å². The number of hydrogen-bond donors (Lipinski definition) is 1. The van der Waals surface area contributed by atoms with Crippen molar-refractivity contribution in [3.05, 3.63) is 85.0 Å². The minimum absolute atomic E-state index is 0.00432. The zero-order valence-electron chi connectivity index (χ0n) is 15.0. The molecule has 2 aromatic rings. The van der Waals surface area contributed by atoms with Crippen LogP contribution in [0, 0.1) is 40.0 Å². The van der Waals surface area contributed by atoms with E-state index in [0.29, 0.717) is 11.3 Å². The topological polar surface area (TPSA) is 98.3 Å². The first kappa shape index (κ1) is 17.2. The average molecular weight is 365 g/mol. The molecule has 0 saturated carbocycles. The monoisotopic (exact) mass is 365 g/mol. The Morgan fingerprint density at radius 1 is 1.07 bits per heavy atom. The smallest absolute Gasteiger partial charge is 0.292 e. The first-order valence-corrected chi connectivity index (χ1v) is 8.85. The Morgan fingerprint density at radius 2 is 1.78 bits per heavy atom. The number of nitrogens with zero attached hydrogens (tertiary/aromatic N) is 2. The van der Waals surface area contributed by atoms with E-state index in [4.69, 9.17) is 0 Å². The van der Waals surface area contributed by atoms with E-state index in [1.807, 2.05) is 13.8 Å². The molecule has 1 aliphatic heterocycles. The number of nitrogens with one attached hydrogen (secondary N) is 1. The highest BCUT2D eigenvalue weighted by atomic mass is 16.6. The van der Waals surface area contributed by atoms with Gasteiger partial charge in [0.05, 0.1) is 21.5 Å². The predicted molar refractivity (Wildman–Crippen MR) is 102 cm³/mol. The second kappa shape index (κ2) is 6.19. The highest BCUT2D eigenvalue weighted by Crippen LogP contribution is 2.54. The summed E-state index contributed by atoms with van der Waals surface area (Å²) in [7, 11) is 0. The Hall–Kier alpha value is -3.22. The van der Waals surface area contributed by atoms with E-state index in [-0.39, 0.29) is 34.2 Å². The van der Waals surface area contributed by atoms with Crippen LogP contribution in [0.25, 0.3) is 0 Å². The molecule has 0 bridgehead atoms. The number of benzene rings is 2. The van der Waals surface area contributed by atoms with Crippen molar-refractivity contribution >= 4 is 17.1 Å². The van der Waals surface area contributed by atoms with Crippen LogP contribution >= 0.6 is 0 Å². The number of fused-ring (bicyclic) bond motifs is 3. The van der Waals surface area contributed by atoms with Crippen LogP contribution < -0.4 is 5.32 Å². The Balaban J connectivity index is 1.94. The molecule has 7 nitrogen and oxygen atoms in total. The van der Waals surface area contributed by atoms with Crippen molar-refractivity contribution in [2.75, 3.05) is 5.32 Å². The van der Waals surface area contributed by atoms with Crippen molar-refractivity contribution in [3.63, 3.8) is 0 Å². The van der Waals surface area contributed by atoms with Crippen molar-refractivity contribution in [1.29, 1.82) is 0 Å². The molecule has 0 aromatic heterocycles. The number of aryl methyl sites for hydroxylation is 1. The summed E-state index contributed by atoms with van der Waals surface area (Å²) >= 11 is 0. The van der Waals surface area contributed by atoms with Crippen molar-refractivity contribution in [1.82, 2.24) is 0 Å². The second-order valence-electron chi connectivity index (χ2n) is 7.17. The summed E-state index contributed by atoms with van der Waals surface area (Å²) in [6.07, 6.45) is 4.93. The molecule has 1 N–H and O–H groups in total. The Bertz CT molecular complexity index is 999. The highest BCUT2D eigenvalue weighted by Gasteiger charge is 2.43. The zero-order valence-corrected chi connectivity index (χ0v) is 15.0. The minimum Gasteiger partial charge on any atom is -0.372 e. The number of nitro groups is 2. The van der Waals surface area contributed by atoms with Crippen LogP contribution in [-0.2, 0) is 0 Å². The SMILES string of the molecule is Cc1cc([N+](=O)[O-])c2c(c1C)[C@H]1C=CC[C@@H]1[C@H](c1ccccc1[N+](=O)[O-])N2. The molecular formula is C20H19N3O4. The van der Waals surface area contributed by atoms with Gasteiger partial charge in [0.1, 0.15) is 5.69 Å². The molecule has 0 radical (unpaired) electrons. The third-order valence-corrected chi connectivity index (χ3v) is 5.81. The molecule has 0 saturated heterocycles. The summed E-state index contributed by atoms with van der Waals surface area (Å²) < 4.78 is 0. The maximum atomic E-state index is 11.7. The molecular weight excluding hydrogens is 346 g/mol. The molecule has 0 fully saturated rings. The summed E-state index contributed by atoms with van der Waals surface area (Å²) in [6, 6.07) is 7.85. The van der Waals surface area contributed by atoms with E-state index in [1.165, 1.54) is 6.07 Å². The number of nitro benzene ring substituents is 2. The molecule has 2 aromatic carbocycles. The van der Waals surface area contributed by atoms with Crippen LogP contribution in [0.4, 0.5) is 17.1 Å². The second-order valence-corrected chi connectivity index (χ2v) is 7.17. The van der Waals surface area contributed by atoms with E-state index in [0.717, 1.165) is 23.1 Å². The van der Waals surface area contributed by atoms with Crippen molar-refractivity contribution in [2.24, 2.45) is 5.92 Å². The van der Waals surface area contributed by atoms with Gasteiger partial charge in [0, 0.05) is 18.1 Å².